The summed E-state index contributed by atoms with van der Waals surface area (Å²) in [6, 6.07) is 15.3. The van der Waals surface area contributed by atoms with E-state index in [-0.39, 0.29) is 5.91 Å². The van der Waals surface area contributed by atoms with Crippen molar-refractivity contribution < 1.29 is 4.79 Å². The molecule has 0 unspecified atom stereocenters. The van der Waals surface area contributed by atoms with Crippen molar-refractivity contribution in [2.75, 3.05) is 13.1 Å². The molecule has 1 atom stereocenters. The second-order valence-electron chi connectivity index (χ2n) is 6.43. The molecule has 1 fully saturated rings. The van der Waals surface area contributed by atoms with E-state index in [9.17, 15) is 4.79 Å². The number of carbonyl (C=O) groups is 1. The van der Waals surface area contributed by atoms with E-state index in [1.165, 1.54) is 25.3 Å². The summed E-state index contributed by atoms with van der Waals surface area (Å²) in [5.74, 6) is -0.0121. The molecule has 4 nitrogen and oxygen atoms in total. The molecule has 1 saturated heterocycles. The number of likely N-dealkylation sites (tertiary alicyclic amines) is 1. The van der Waals surface area contributed by atoms with Gasteiger partial charge in [0, 0.05) is 26.2 Å². The molecule has 1 aliphatic heterocycles. The Morgan fingerprint density at radius 3 is 2.75 bits per heavy atom. The van der Waals surface area contributed by atoms with Gasteiger partial charge in [-0.15, -0.1) is 0 Å². The number of aromatic nitrogens is 1. The number of hydrogen-bond donors (Lipinski definition) is 1. The Labute approximate surface area is 143 Å². The zero-order valence-electron chi connectivity index (χ0n) is 14.2. The summed E-state index contributed by atoms with van der Waals surface area (Å²) in [4.78, 5) is 18.2. The summed E-state index contributed by atoms with van der Waals surface area (Å²) in [6.45, 7) is 4.30. The zero-order chi connectivity index (χ0) is 16.8. The summed E-state index contributed by atoms with van der Waals surface area (Å²) < 4.78 is 0. The minimum Gasteiger partial charge on any atom is -0.352 e. The number of amides is 1. The van der Waals surface area contributed by atoms with Gasteiger partial charge < -0.3 is 5.32 Å². The fraction of sp³-hybridized carbons (Fsp3) is 0.400. The first-order chi connectivity index (χ1) is 11.7. The summed E-state index contributed by atoms with van der Waals surface area (Å²) in [5.41, 5.74) is 3.58. The lowest BCUT2D eigenvalue weighted by molar-refractivity contribution is -0.119. The van der Waals surface area contributed by atoms with Crippen LogP contribution in [0.2, 0.25) is 0 Å². The van der Waals surface area contributed by atoms with Crippen molar-refractivity contribution in [2.45, 2.75) is 38.8 Å². The second kappa shape index (κ2) is 8.06. The van der Waals surface area contributed by atoms with Gasteiger partial charge in [-0.05, 0) is 43.0 Å². The van der Waals surface area contributed by atoms with Gasteiger partial charge in [0.2, 0.25) is 5.91 Å². The van der Waals surface area contributed by atoms with Crippen LogP contribution in [0.15, 0.2) is 48.7 Å². The van der Waals surface area contributed by atoms with Crippen molar-refractivity contribution in [3.8, 4) is 0 Å². The molecule has 2 aromatic rings. The first-order valence-corrected chi connectivity index (χ1v) is 8.69. The Morgan fingerprint density at radius 1 is 1.21 bits per heavy atom. The van der Waals surface area contributed by atoms with Gasteiger partial charge in [-0.25, -0.2) is 0 Å². The number of benzene rings is 1. The first kappa shape index (κ1) is 16.7. The van der Waals surface area contributed by atoms with Gasteiger partial charge in [-0.2, -0.15) is 0 Å². The van der Waals surface area contributed by atoms with E-state index in [0.29, 0.717) is 12.6 Å². The van der Waals surface area contributed by atoms with Crippen molar-refractivity contribution in [3.05, 3.63) is 65.5 Å². The molecular formula is C20H25N3O. The van der Waals surface area contributed by atoms with E-state index in [0.717, 1.165) is 30.8 Å². The molecule has 0 saturated carbocycles. The molecule has 4 heteroatoms. The summed E-state index contributed by atoms with van der Waals surface area (Å²) in [5, 5.41) is 2.81. The minimum absolute atomic E-state index is 0.0121. The van der Waals surface area contributed by atoms with E-state index in [2.05, 4.69) is 57.7 Å². The smallest absolute Gasteiger partial charge is 0.217 e. The monoisotopic (exact) mass is 323 g/mol. The summed E-state index contributed by atoms with van der Waals surface area (Å²) in [6.07, 6.45) is 5.37. The molecule has 3 rings (SSSR count). The van der Waals surface area contributed by atoms with Crippen LogP contribution in [-0.2, 0) is 17.8 Å². The van der Waals surface area contributed by atoms with Gasteiger partial charge in [0.1, 0.15) is 0 Å². The molecule has 0 radical (unpaired) electrons. The maximum Gasteiger partial charge on any atom is 0.217 e. The Hall–Kier alpha value is -2.20. The Balaban J connectivity index is 1.59. The summed E-state index contributed by atoms with van der Waals surface area (Å²) in [7, 11) is 0. The topological polar surface area (TPSA) is 45.2 Å². The highest BCUT2D eigenvalue weighted by molar-refractivity contribution is 5.72. The number of pyridine rings is 1. The Bertz CT molecular complexity index is 654. The SMILES string of the molecule is CC(=O)NCc1ccc([C@@H]2CCCN2CCc2ccccc2)nc1. The third-order valence-corrected chi connectivity index (χ3v) is 4.62. The van der Waals surface area contributed by atoms with E-state index in [1.54, 1.807) is 0 Å². The van der Waals surface area contributed by atoms with E-state index >= 15 is 0 Å². The molecular weight excluding hydrogens is 298 g/mol. The quantitative estimate of drug-likeness (QED) is 0.888. The van der Waals surface area contributed by atoms with Crippen LogP contribution in [0.4, 0.5) is 0 Å². The molecule has 0 spiro atoms. The highest BCUT2D eigenvalue weighted by atomic mass is 16.1. The van der Waals surface area contributed by atoms with E-state index in [1.807, 2.05) is 6.20 Å². The molecule has 1 aromatic heterocycles. The first-order valence-electron chi connectivity index (χ1n) is 8.69. The van der Waals surface area contributed by atoms with Gasteiger partial charge in [-0.1, -0.05) is 36.4 Å². The highest BCUT2D eigenvalue weighted by Crippen LogP contribution is 2.30. The number of rotatable bonds is 6. The van der Waals surface area contributed by atoms with Crippen LogP contribution in [0, 0.1) is 0 Å². The minimum atomic E-state index is -0.0121. The van der Waals surface area contributed by atoms with Crippen molar-refractivity contribution >= 4 is 5.91 Å². The number of hydrogen-bond acceptors (Lipinski definition) is 3. The van der Waals surface area contributed by atoms with Gasteiger partial charge >= 0.3 is 0 Å². The van der Waals surface area contributed by atoms with Crippen LogP contribution in [0.1, 0.15) is 42.6 Å². The van der Waals surface area contributed by atoms with Crippen molar-refractivity contribution in [3.63, 3.8) is 0 Å². The standard InChI is InChI=1S/C20H25N3O/c1-16(24)21-14-18-9-10-19(22-15-18)20-8-5-12-23(20)13-11-17-6-3-2-4-7-17/h2-4,6-7,9-10,15,20H,5,8,11-14H2,1H3,(H,21,24)/t20-/m0/s1. The Morgan fingerprint density at radius 2 is 2.04 bits per heavy atom. The molecule has 1 aromatic carbocycles. The van der Waals surface area contributed by atoms with E-state index < -0.39 is 0 Å². The molecule has 2 heterocycles. The van der Waals surface area contributed by atoms with Crippen LogP contribution >= 0.6 is 0 Å². The average Bonchev–Trinajstić information content (AvgIpc) is 3.08. The molecule has 0 bridgehead atoms. The lowest BCUT2D eigenvalue weighted by Crippen LogP contribution is -2.26. The maximum atomic E-state index is 11.0. The largest absolute Gasteiger partial charge is 0.352 e. The van der Waals surface area contributed by atoms with Gasteiger partial charge in [-0.3, -0.25) is 14.7 Å². The number of nitrogens with one attached hydrogen (secondary N) is 1. The predicted octanol–water partition coefficient (Wildman–Crippen LogP) is 3.10. The Kier molecular flexibility index (Phi) is 5.59. The average molecular weight is 323 g/mol. The molecule has 1 aliphatic rings. The van der Waals surface area contributed by atoms with Crippen LogP contribution < -0.4 is 5.32 Å². The van der Waals surface area contributed by atoms with Crippen LogP contribution in [0.5, 0.6) is 0 Å². The molecule has 24 heavy (non-hydrogen) atoms. The molecule has 1 N–H and O–H groups in total. The van der Waals surface area contributed by atoms with E-state index in [4.69, 9.17) is 0 Å². The second-order valence-corrected chi connectivity index (χ2v) is 6.43. The molecule has 126 valence electrons. The van der Waals surface area contributed by atoms with Crippen molar-refractivity contribution in [2.24, 2.45) is 0 Å². The van der Waals surface area contributed by atoms with Gasteiger partial charge in [0.15, 0.2) is 0 Å². The fourth-order valence-corrected chi connectivity index (χ4v) is 3.31. The van der Waals surface area contributed by atoms with Crippen LogP contribution in [0.25, 0.3) is 0 Å². The lowest BCUT2D eigenvalue weighted by atomic mass is 10.1. The summed E-state index contributed by atoms with van der Waals surface area (Å²) >= 11 is 0. The lowest BCUT2D eigenvalue weighted by Gasteiger charge is -2.24. The van der Waals surface area contributed by atoms with Gasteiger partial charge in [0.25, 0.3) is 0 Å². The van der Waals surface area contributed by atoms with Crippen molar-refractivity contribution in [1.82, 2.24) is 15.2 Å². The molecule has 0 aliphatic carbocycles. The normalized spacial score (nSPS) is 17.8. The number of nitrogens with zero attached hydrogens (tertiary/aromatic N) is 2. The van der Waals surface area contributed by atoms with Crippen molar-refractivity contribution in [1.29, 1.82) is 0 Å². The maximum absolute atomic E-state index is 11.0. The fourth-order valence-electron chi connectivity index (χ4n) is 3.31. The predicted molar refractivity (Wildman–Crippen MR) is 95.5 cm³/mol. The van der Waals surface area contributed by atoms with Crippen LogP contribution in [-0.4, -0.2) is 28.9 Å². The van der Waals surface area contributed by atoms with Crippen LogP contribution in [0.3, 0.4) is 0 Å². The highest BCUT2D eigenvalue weighted by Gasteiger charge is 2.26. The van der Waals surface area contributed by atoms with Gasteiger partial charge in [0.05, 0.1) is 11.7 Å². The third kappa shape index (κ3) is 4.42. The third-order valence-electron chi connectivity index (χ3n) is 4.62. The molecule has 1 amide bonds. The number of carbonyl (C=O) groups excluding carboxylic acids is 1. The zero-order valence-corrected chi connectivity index (χ0v) is 14.2.